The Morgan fingerprint density at radius 1 is 1.36 bits per heavy atom. The van der Waals surface area contributed by atoms with E-state index in [0.717, 1.165) is 6.20 Å². The molecule has 0 aromatic carbocycles. The lowest BCUT2D eigenvalue weighted by Gasteiger charge is -2.17. The normalized spacial score (nSPS) is 26.9. The van der Waals surface area contributed by atoms with Gasteiger partial charge in [0.05, 0.1) is 24.1 Å². The number of halogens is 1. The summed E-state index contributed by atoms with van der Waals surface area (Å²) in [5, 5.41) is 18.6. The third-order valence-electron chi connectivity index (χ3n) is 2.35. The van der Waals surface area contributed by atoms with Crippen molar-refractivity contribution in [2.75, 3.05) is 18.0 Å². The number of anilines is 1. The zero-order chi connectivity index (χ0) is 10.1. The van der Waals surface area contributed by atoms with Crippen LogP contribution in [0.1, 0.15) is 0 Å². The third-order valence-corrected chi connectivity index (χ3v) is 2.35. The van der Waals surface area contributed by atoms with Gasteiger partial charge in [0.15, 0.2) is 5.82 Å². The fraction of sp³-hybridized carbons (Fsp3) is 0.444. The summed E-state index contributed by atoms with van der Waals surface area (Å²) in [6.07, 6.45) is 0.993. The summed E-state index contributed by atoms with van der Waals surface area (Å²) in [4.78, 5) is 5.23. The van der Waals surface area contributed by atoms with Crippen molar-refractivity contribution in [3.63, 3.8) is 0 Å². The van der Waals surface area contributed by atoms with Gasteiger partial charge in [0.25, 0.3) is 0 Å². The van der Waals surface area contributed by atoms with Crippen LogP contribution in [-0.2, 0) is 0 Å². The Morgan fingerprint density at radius 3 is 2.57 bits per heavy atom. The van der Waals surface area contributed by atoms with Crippen LogP contribution in [0, 0.1) is 5.82 Å². The van der Waals surface area contributed by atoms with Crippen LogP contribution in [0.25, 0.3) is 0 Å². The lowest BCUT2D eigenvalue weighted by atomic mass is 10.3. The number of rotatable bonds is 1. The van der Waals surface area contributed by atoms with Crippen molar-refractivity contribution >= 4 is 5.69 Å². The van der Waals surface area contributed by atoms with Gasteiger partial charge in [-0.1, -0.05) is 0 Å². The van der Waals surface area contributed by atoms with E-state index in [1.807, 2.05) is 0 Å². The number of aliphatic hydroxyl groups excluding tert-OH is 2. The third kappa shape index (κ3) is 1.56. The summed E-state index contributed by atoms with van der Waals surface area (Å²) in [6, 6.07) is 1.53. The molecular formula is C9H11FN2O2. The van der Waals surface area contributed by atoms with E-state index in [1.165, 1.54) is 12.3 Å². The minimum Gasteiger partial charge on any atom is -0.389 e. The zero-order valence-corrected chi connectivity index (χ0v) is 7.47. The lowest BCUT2D eigenvalue weighted by molar-refractivity contribution is 0.0572. The summed E-state index contributed by atoms with van der Waals surface area (Å²) in [6.45, 7) is 0.504. The van der Waals surface area contributed by atoms with Gasteiger partial charge in [-0.2, -0.15) is 0 Å². The van der Waals surface area contributed by atoms with E-state index in [1.54, 1.807) is 4.90 Å². The standard InChI is InChI=1S/C9H11FN2O2/c10-6-3-11-2-1-7(6)12-4-8(13)9(14)5-12/h1-3,8-9,13-14H,4-5H2. The molecule has 1 aromatic rings. The van der Waals surface area contributed by atoms with Gasteiger partial charge in [0, 0.05) is 19.3 Å². The van der Waals surface area contributed by atoms with Gasteiger partial charge in [0.1, 0.15) is 0 Å². The topological polar surface area (TPSA) is 56.6 Å². The molecule has 2 heterocycles. The Bertz CT molecular complexity index is 324. The number of aromatic nitrogens is 1. The Hall–Kier alpha value is -1.20. The highest BCUT2D eigenvalue weighted by Crippen LogP contribution is 2.22. The predicted octanol–water partition coefficient (Wildman–Crippen LogP) is -0.237. The molecule has 1 aliphatic heterocycles. The fourth-order valence-corrected chi connectivity index (χ4v) is 1.59. The second-order valence-corrected chi connectivity index (χ2v) is 3.37. The van der Waals surface area contributed by atoms with E-state index < -0.39 is 18.0 Å². The first-order valence-corrected chi connectivity index (χ1v) is 4.39. The van der Waals surface area contributed by atoms with Crippen molar-refractivity contribution in [1.82, 2.24) is 4.98 Å². The highest BCUT2D eigenvalue weighted by atomic mass is 19.1. The SMILES string of the molecule is OC1CN(c2ccncc2F)CC1O. The fourth-order valence-electron chi connectivity index (χ4n) is 1.59. The molecule has 2 atom stereocenters. The van der Waals surface area contributed by atoms with Gasteiger partial charge in [-0.3, -0.25) is 4.98 Å². The highest BCUT2D eigenvalue weighted by Gasteiger charge is 2.30. The van der Waals surface area contributed by atoms with E-state index in [0.29, 0.717) is 5.69 Å². The highest BCUT2D eigenvalue weighted by molar-refractivity contribution is 5.47. The van der Waals surface area contributed by atoms with Crippen LogP contribution in [0.3, 0.4) is 0 Å². The largest absolute Gasteiger partial charge is 0.389 e. The van der Waals surface area contributed by atoms with Crippen LogP contribution in [-0.4, -0.2) is 40.5 Å². The molecule has 2 rings (SSSR count). The molecule has 2 unspecified atom stereocenters. The molecule has 14 heavy (non-hydrogen) atoms. The number of pyridine rings is 1. The summed E-state index contributed by atoms with van der Waals surface area (Å²) in [5.74, 6) is -0.436. The second-order valence-electron chi connectivity index (χ2n) is 3.37. The molecule has 0 aliphatic carbocycles. The molecule has 5 heteroatoms. The first-order chi connectivity index (χ1) is 6.68. The maximum atomic E-state index is 13.2. The van der Waals surface area contributed by atoms with E-state index in [9.17, 15) is 14.6 Å². The summed E-state index contributed by atoms with van der Waals surface area (Å²) < 4.78 is 13.2. The van der Waals surface area contributed by atoms with Crippen molar-refractivity contribution < 1.29 is 14.6 Å². The van der Waals surface area contributed by atoms with Gasteiger partial charge < -0.3 is 15.1 Å². The van der Waals surface area contributed by atoms with Gasteiger partial charge in [-0.05, 0) is 6.07 Å². The predicted molar refractivity (Wildman–Crippen MR) is 48.4 cm³/mol. The molecule has 1 aromatic heterocycles. The van der Waals surface area contributed by atoms with Crippen molar-refractivity contribution in [2.24, 2.45) is 0 Å². The first kappa shape index (κ1) is 9.36. The second kappa shape index (κ2) is 3.51. The summed E-state index contributed by atoms with van der Waals surface area (Å²) >= 11 is 0. The molecule has 0 amide bonds. The van der Waals surface area contributed by atoms with Crippen LogP contribution < -0.4 is 4.90 Å². The van der Waals surface area contributed by atoms with Crippen LogP contribution in [0.5, 0.6) is 0 Å². The quantitative estimate of drug-likeness (QED) is 0.654. The number of nitrogens with zero attached hydrogens (tertiary/aromatic N) is 2. The molecule has 0 bridgehead atoms. The number of aliphatic hydroxyl groups is 2. The first-order valence-electron chi connectivity index (χ1n) is 4.39. The molecule has 2 N–H and O–H groups in total. The van der Waals surface area contributed by atoms with Crippen LogP contribution >= 0.6 is 0 Å². The minimum atomic E-state index is -0.803. The lowest BCUT2D eigenvalue weighted by Crippen LogP contribution is -2.22. The van der Waals surface area contributed by atoms with Gasteiger partial charge in [0.2, 0.25) is 0 Å². The van der Waals surface area contributed by atoms with Gasteiger partial charge >= 0.3 is 0 Å². The molecule has 0 radical (unpaired) electrons. The molecule has 1 aliphatic rings. The van der Waals surface area contributed by atoms with Crippen molar-refractivity contribution in [3.05, 3.63) is 24.3 Å². The van der Waals surface area contributed by atoms with Crippen LogP contribution in [0.2, 0.25) is 0 Å². The van der Waals surface area contributed by atoms with E-state index in [4.69, 9.17) is 0 Å². The Morgan fingerprint density at radius 2 is 2.00 bits per heavy atom. The van der Waals surface area contributed by atoms with E-state index in [2.05, 4.69) is 4.98 Å². The monoisotopic (exact) mass is 198 g/mol. The molecule has 76 valence electrons. The van der Waals surface area contributed by atoms with Crippen LogP contribution in [0.15, 0.2) is 18.5 Å². The molecular weight excluding hydrogens is 187 g/mol. The minimum absolute atomic E-state index is 0.252. The van der Waals surface area contributed by atoms with E-state index in [-0.39, 0.29) is 13.1 Å². The van der Waals surface area contributed by atoms with Crippen molar-refractivity contribution in [2.45, 2.75) is 12.2 Å². The van der Waals surface area contributed by atoms with Crippen molar-refractivity contribution in [1.29, 1.82) is 0 Å². The molecule has 1 fully saturated rings. The summed E-state index contributed by atoms with van der Waals surface area (Å²) in [7, 11) is 0. The van der Waals surface area contributed by atoms with Crippen LogP contribution in [0.4, 0.5) is 10.1 Å². The van der Waals surface area contributed by atoms with E-state index >= 15 is 0 Å². The average molecular weight is 198 g/mol. The molecule has 1 saturated heterocycles. The Labute approximate surface area is 80.6 Å². The Balaban J connectivity index is 2.21. The molecule has 4 nitrogen and oxygen atoms in total. The number of β-amino-alcohol motifs (C(OH)–C–C–N with tert-alkyl or cyclic N) is 2. The zero-order valence-electron chi connectivity index (χ0n) is 7.47. The maximum Gasteiger partial charge on any atom is 0.164 e. The van der Waals surface area contributed by atoms with Gasteiger partial charge in [-0.15, -0.1) is 0 Å². The molecule has 0 spiro atoms. The number of hydrogen-bond acceptors (Lipinski definition) is 4. The molecule has 0 saturated carbocycles. The number of hydrogen-bond donors (Lipinski definition) is 2. The smallest absolute Gasteiger partial charge is 0.164 e. The van der Waals surface area contributed by atoms with Gasteiger partial charge in [-0.25, -0.2) is 4.39 Å². The summed E-state index contributed by atoms with van der Waals surface area (Å²) in [5.41, 5.74) is 0.371. The maximum absolute atomic E-state index is 13.2. The van der Waals surface area contributed by atoms with Crippen molar-refractivity contribution in [3.8, 4) is 0 Å². The average Bonchev–Trinajstić information content (AvgIpc) is 2.48. The Kier molecular flexibility index (Phi) is 2.35.